The fourth-order valence-corrected chi connectivity index (χ4v) is 3.81. The first-order valence-corrected chi connectivity index (χ1v) is 10.6. The number of halogens is 2. The molecule has 29 heavy (non-hydrogen) atoms. The van der Waals surface area contributed by atoms with E-state index >= 15 is 0 Å². The van der Waals surface area contributed by atoms with Gasteiger partial charge < -0.3 is 14.8 Å². The summed E-state index contributed by atoms with van der Waals surface area (Å²) in [6, 6.07) is 10.6. The topological polar surface area (TPSA) is 59.9 Å². The minimum atomic E-state index is -0.231. The number of hydrogen-bond acceptors (Lipinski definition) is 5. The van der Waals surface area contributed by atoms with Crippen molar-refractivity contribution in [2.24, 2.45) is 4.99 Å². The maximum absolute atomic E-state index is 12.3. The van der Waals surface area contributed by atoms with Crippen molar-refractivity contribution in [1.82, 2.24) is 5.32 Å². The van der Waals surface area contributed by atoms with E-state index in [1.165, 1.54) is 11.8 Å². The summed E-state index contributed by atoms with van der Waals surface area (Å²) in [5.41, 5.74) is 1.39. The first-order valence-electron chi connectivity index (χ1n) is 8.99. The van der Waals surface area contributed by atoms with Crippen molar-refractivity contribution in [3.8, 4) is 11.5 Å². The van der Waals surface area contributed by atoms with Crippen molar-refractivity contribution in [1.29, 1.82) is 0 Å². The van der Waals surface area contributed by atoms with Gasteiger partial charge in [-0.05, 0) is 67.1 Å². The van der Waals surface area contributed by atoms with Crippen LogP contribution in [0.5, 0.6) is 11.5 Å². The lowest BCUT2D eigenvalue weighted by atomic mass is 10.1. The average molecular weight is 451 g/mol. The summed E-state index contributed by atoms with van der Waals surface area (Å²) in [5, 5.41) is 4.24. The normalized spacial score (nSPS) is 17.5. The third-order valence-corrected chi connectivity index (χ3v) is 5.56. The number of benzene rings is 2. The van der Waals surface area contributed by atoms with Gasteiger partial charge in [-0.2, -0.15) is 0 Å². The number of thioether (sulfide) groups is 1. The zero-order chi connectivity index (χ0) is 21.0. The molecule has 1 aliphatic rings. The largest absolute Gasteiger partial charge is 0.493 e. The monoisotopic (exact) mass is 450 g/mol. The van der Waals surface area contributed by atoms with E-state index < -0.39 is 0 Å². The molecule has 1 fully saturated rings. The Bertz CT molecular complexity index is 992. The lowest BCUT2D eigenvalue weighted by Gasteiger charge is -2.17. The van der Waals surface area contributed by atoms with E-state index in [0.717, 1.165) is 12.0 Å². The molecule has 0 saturated carbocycles. The summed E-state index contributed by atoms with van der Waals surface area (Å²) in [6.45, 7) is 3.99. The van der Waals surface area contributed by atoms with Crippen LogP contribution >= 0.6 is 35.0 Å². The Kier molecular flexibility index (Phi) is 7.11. The Labute approximate surface area is 184 Å². The predicted molar refractivity (Wildman–Crippen MR) is 121 cm³/mol. The third-order valence-electron chi connectivity index (χ3n) is 4.13. The molecule has 8 heteroatoms. The molecule has 0 radical (unpaired) electrons. The van der Waals surface area contributed by atoms with Crippen molar-refractivity contribution in [2.45, 2.75) is 26.4 Å². The zero-order valence-corrected chi connectivity index (χ0v) is 18.5. The number of methoxy groups -OCH3 is 1. The molecule has 1 saturated heterocycles. The van der Waals surface area contributed by atoms with E-state index in [1.54, 1.807) is 43.5 Å². The average Bonchev–Trinajstić information content (AvgIpc) is 3.02. The van der Waals surface area contributed by atoms with Gasteiger partial charge in [0, 0.05) is 5.02 Å². The highest BCUT2D eigenvalue weighted by Gasteiger charge is 2.24. The molecule has 0 spiro atoms. The van der Waals surface area contributed by atoms with Gasteiger partial charge in [0.2, 0.25) is 0 Å². The van der Waals surface area contributed by atoms with Crippen LogP contribution in [-0.2, 0) is 4.79 Å². The SMILES string of the molecule is CC[C@H](C)Oc1c(Cl)cc(/C=C2\SC(=Nc3cccc(Cl)c3)NC2=O)cc1OC. The number of rotatable bonds is 6. The second-order valence-electron chi connectivity index (χ2n) is 6.33. The predicted octanol–water partition coefficient (Wildman–Crippen LogP) is 6.07. The number of carbonyl (C=O) groups is 1. The van der Waals surface area contributed by atoms with Crippen LogP contribution in [0.4, 0.5) is 5.69 Å². The number of hydrogen-bond donors (Lipinski definition) is 1. The van der Waals surface area contributed by atoms with Gasteiger partial charge in [0.15, 0.2) is 16.7 Å². The molecule has 152 valence electrons. The zero-order valence-electron chi connectivity index (χ0n) is 16.2. The van der Waals surface area contributed by atoms with Crippen molar-refractivity contribution in [3.05, 3.63) is 56.9 Å². The Morgan fingerprint density at radius 3 is 2.76 bits per heavy atom. The lowest BCUT2D eigenvalue weighted by molar-refractivity contribution is -0.115. The van der Waals surface area contributed by atoms with E-state index in [4.69, 9.17) is 32.7 Å². The molecule has 2 aromatic rings. The maximum Gasteiger partial charge on any atom is 0.264 e. The molecule has 1 amide bonds. The maximum atomic E-state index is 12.3. The lowest BCUT2D eigenvalue weighted by Crippen LogP contribution is -2.19. The second kappa shape index (κ2) is 9.57. The van der Waals surface area contributed by atoms with E-state index in [9.17, 15) is 4.79 Å². The van der Waals surface area contributed by atoms with Gasteiger partial charge in [0.1, 0.15) is 0 Å². The highest BCUT2D eigenvalue weighted by molar-refractivity contribution is 8.18. The molecule has 0 bridgehead atoms. The summed E-state index contributed by atoms with van der Waals surface area (Å²) in [7, 11) is 1.55. The van der Waals surface area contributed by atoms with Crippen LogP contribution in [0.1, 0.15) is 25.8 Å². The van der Waals surface area contributed by atoms with Crippen LogP contribution in [0.15, 0.2) is 46.3 Å². The summed E-state index contributed by atoms with van der Waals surface area (Å²) < 4.78 is 11.3. The number of carbonyl (C=O) groups excluding carboxylic acids is 1. The number of amides is 1. The molecule has 3 rings (SSSR count). The Morgan fingerprint density at radius 2 is 2.07 bits per heavy atom. The molecule has 1 atom stereocenters. The van der Waals surface area contributed by atoms with Gasteiger partial charge in [-0.1, -0.05) is 36.2 Å². The van der Waals surface area contributed by atoms with Crippen LogP contribution < -0.4 is 14.8 Å². The van der Waals surface area contributed by atoms with E-state index in [-0.39, 0.29) is 12.0 Å². The van der Waals surface area contributed by atoms with Crippen LogP contribution in [0.2, 0.25) is 10.0 Å². The third kappa shape index (κ3) is 5.47. The minimum absolute atomic E-state index is 0.00651. The van der Waals surface area contributed by atoms with Crippen molar-refractivity contribution in [2.75, 3.05) is 7.11 Å². The summed E-state index contributed by atoms with van der Waals surface area (Å²) in [6.07, 6.45) is 2.59. The molecule has 1 heterocycles. The summed E-state index contributed by atoms with van der Waals surface area (Å²) in [5.74, 6) is 0.782. The highest BCUT2D eigenvalue weighted by Crippen LogP contribution is 2.39. The fourth-order valence-electron chi connectivity index (χ4n) is 2.52. The molecule has 1 aliphatic heterocycles. The van der Waals surface area contributed by atoms with Gasteiger partial charge in [0.05, 0.1) is 28.8 Å². The standard InChI is InChI=1S/C21H20Cl2N2O3S/c1-4-12(2)28-19-16(23)8-13(9-17(19)27-3)10-18-20(26)25-21(29-18)24-15-7-5-6-14(22)11-15/h5-12H,4H2,1-3H3,(H,24,25,26)/b18-10-/t12-/m0/s1. The smallest absolute Gasteiger partial charge is 0.264 e. The molecule has 2 aromatic carbocycles. The van der Waals surface area contributed by atoms with Gasteiger partial charge in [-0.3, -0.25) is 4.79 Å². The van der Waals surface area contributed by atoms with Crippen molar-refractivity contribution < 1.29 is 14.3 Å². The Balaban J connectivity index is 1.86. The van der Waals surface area contributed by atoms with E-state index in [2.05, 4.69) is 10.3 Å². The molecule has 0 aliphatic carbocycles. The molecule has 0 unspecified atom stereocenters. The van der Waals surface area contributed by atoms with Crippen molar-refractivity contribution >= 4 is 57.8 Å². The van der Waals surface area contributed by atoms with Crippen LogP contribution in [0.3, 0.4) is 0 Å². The van der Waals surface area contributed by atoms with Crippen molar-refractivity contribution in [3.63, 3.8) is 0 Å². The van der Waals surface area contributed by atoms with Gasteiger partial charge >= 0.3 is 0 Å². The molecule has 1 N–H and O–H groups in total. The summed E-state index contributed by atoms with van der Waals surface area (Å²) >= 11 is 13.6. The van der Waals surface area contributed by atoms with Gasteiger partial charge in [0.25, 0.3) is 5.91 Å². The molecular formula is C21H20Cl2N2O3S. The number of aliphatic imine (C=N–C) groups is 1. The summed E-state index contributed by atoms with van der Waals surface area (Å²) in [4.78, 5) is 17.3. The first kappa shape index (κ1) is 21.6. The molecule has 0 aromatic heterocycles. The van der Waals surface area contributed by atoms with Crippen LogP contribution in [-0.4, -0.2) is 24.3 Å². The molecule has 5 nitrogen and oxygen atoms in total. The number of nitrogens with zero attached hydrogens (tertiary/aromatic N) is 1. The van der Waals surface area contributed by atoms with Crippen LogP contribution in [0.25, 0.3) is 6.08 Å². The number of nitrogens with one attached hydrogen (secondary N) is 1. The number of amidine groups is 1. The fraction of sp³-hybridized carbons (Fsp3) is 0.238. The molecular weight excluding hydrogens is 431 g/mol. The first-order chi connectivity index (χ1) is 13.9. The minimum Gasteiger partial charge on any atom is -0.493 e. The Morgan fingerprint density at radius 1 is 1.28 bits per heavy atom. The van der Waals surface area contributed by atoms with Gasteiger partial charge in [-0.15, -0.1) is 0 Å². The van der Waals surface area contributed by atoms with Crippen LogP contribution in [0, 0.1) is 0 Å². The second-order valence-corrected chi connectivity index (χ2v) is 8.21. The Hall–Kier alpha value is -2.15. The van der Waals surface area contributed by atoms with Gasteiger partial charge in [-0.25, -0.2) is 4.99 Å². The number of ether oxygens (including phenoxy) is 2. The highest BCUT2D eigenvalue weighted by atomic mass is 35.5. The van der Waals surface area contributed by atoms with E-state index in [0.29, 0.717) is 37.3 Å². The quantitative estimate of drug-likeness (QED) is 0.542. The van der Waals surface area contributed by atoms with E-state index in [1.807, 2.05) is 19.9 Å².